The van der Waals surface area contributed by atoms with Crippen molar-refractivity contribution >= 4 is 11.6 Å². The Balaban J connectivity index is 3.00. The van der Waals surface area contributed by atoms with Crippen molar-refractivity contribution in [1.29, 1.82) is 0 Å². The van der Waals surface area contributed by atoms with Crippen molar-refractivity contribution in [3.05, 3.63) is 34.9 Å². The number of nitrogens with zero attached hydrogens (tertiary/aromatic N) is 1. The summed E-state index contributed by atoms with van der Waals surface area (Å²) in [6.07, 6.45) is 2.22. The fraction of sp³-hybridized carbons (Fsp3) is 0.625. The first kappa shape index (κ1) is 17.4. The maximum absolute atomic E-state index is 6.12. The number of hydrogen-bond acceptors (Lipinski definition) is 3. The van der Waals surface area contributed by atoms with Gasteiger partial charge in [-0.25, -0.2) is 0 Å². The molecule has 1 unspecified atom stereocenters. The fourth-order valence-electron chi connectivity index (χ4n) is 2.72. The van der Waals surface area contributed by atoms with Crippen LogP contribution in [0.3, 0.4) is 0 Å². The quantitative estimate of drug-likeness (QED) is 0.758. The van der Waals surface area contributed by atoms with Crippen LogP contribution in [0, 0.1) is 0 Å². The zero-order valence-electron chi connectivity index (χ0n) is 12.8. The molecular formula is C16H27ClN2O. The Morgan fingerprint density at radius 2 is 2.00 bits per heavy atom. The van der Waals surface area contributed by atoms with Crippen molar-refractivity contribution in [2.45, 2.75) is 38.8 Å². The number of benzene rings is 1. The normalized spacial score (nSPS) is 13.2. The van der Waals surface area contributed by atoms with Crippen LogP contribution in [0.15, 0.2) is 24.3 Å². The summed E-state index contributed by atoms with van der Waals surface area (Å²) in [7, 11) is 1.74. The highest BCUT2D eigenvalue weighted by Gasteiger charge is 2.24. The van der Waals surface area contributed by atoms with Gasteiger partial charge in [-0.3, -0.25) is 4.90 Å². The molecule has 0 spiro atoms. The van der Waals surface area contributed by atoms with Gasteiger partial charge < -0.3 is 10.5 Å². The third kappa shape index (κ3) is 4.74. The topological polar surface area (TPSA) is 38.5 Å². The molecule has 3 nitrogen and oxygen atoms in total. The summed E-state index contributed by atoms with van der Waals surface area (Å²) in [5.74, 6) is 0. The molecule has 1 aromatic rings. The zero-order chi connectivity index (χ0) is 15.0. The average molecular weight is 299 g/mol. The predicted molar refractivity (Wildman–Crippen MR) is 86.2 cm³/mol. The summed E-state index contributed by atoms with van der Waals surface area (Å²) >= 11 is 6.12. The van der Waals surface area contributed by atoms with Crippen LogP contribution in [0.2, 0.25) is 5.02 Å². The van der Waals surface area contributed by atoms with E-state index < -0.39 is 0 Å². The van der Waals surface area contributed by atoms with E-state index in [0.29, 0.717) is 19.2 Å². The van der Waals surface area contributed by atoms with E-state index in [1.165, 1.54) is 5.56 Å². The van der Waals surface area contributed by atoms with E-state index in [2.05, 4.69) is 24.8 Å². The van der Waals surface area contributed by atoms with E-state index in [4.69, 9.17) is 22.1 Å². The van der Waals surface area contributed by atoms with E-state index >= 15 is 0 Å². The number of halogens is 1. The van der Waals surface area contributed by atoms with Crippen LogP contribution < -0.4 is 5.73 Å². The first-order valence-corrected chi connectivity index (χ1v) is 7.75. The highest BCUT2D eigenvalue weighted by Crippen LogP contribution is 2.26. The van der Waals surface area contributed by atoms with Crippen molar-refractivity contribution in [1.82, 2.24) is 4.90 Å². The van der Waals surface area contributed by atoms with Gasteiger partial charge in [0.05, 0.1) is 6.61 Å². The Hall–Kier alpha value is -0.610. The second kappa shape index (κ2) is 9.35. The Morgan fingerprint density at radius 1 is 1.30 bits per heavy atom. The van der Waals surface area contributed by atoms with Crippen molar-refractivity contribution in [3.8, 4) is 0 Å². The lowest BCUT2D eigenvalue weighted by Gasteiger charge is -2.37. The minimum atomic E-state index is 0.189. The van der Waals surface area contributed by atoms with Gasteiger partial charge >= 0.3 is 0 Å². The Kier molecular flexibility index (Phi) is 8.15. The average Bonchev–Trinajstić information content (AvgIpc) is 2.46. The number of ether oxygens (including phenoxy) is 1. The minimum absolute atomic E-state index is 0.189. The van der Waals surface area contributed by atoms with Gasteiger partial charge in [-0.05, 0) is 30.5 Å². The number of methoxy groups -OCH3 is 1. The molecule has 0 amide bonds. The number of rotatable bonds is 9. The molecule has 0 aromatic heterocycles. The van der Waals surface area contributed by atoms with Gasteiger partial charge in [-0.2, -0.15) is 0 Å². The van der Waals surface area contributed by atoms with Crippen molar-refractivity contribution in [3.63, 3.8) is 0 Å². The van der Waals surface area contributed by atoms with Gasteiger partial charge in [0.1, 0.15) is 0 Å². The Bertz CT molecular complexity index is 382. The molecule has 0 aliphatic rings. The third-order valence-electron chi connectivity index (χ3n) is 3.82. The van der Waals surface area contributed by atoms with Gasteiger partial charge in [0.2, 0.25) is 0 Å². The smallest absolute Gasteiger partial charge is 0.0590 e. The lowest BCUT2D eigenvalue weighted by molar-refractivity contribution is 0.0817. The maximum Gasteiger partial charge on any atom is 0.0590 e. The lowest BCUT2D eigenvalue weighted by Crippen LogP contribution is -2.42. The summed E-state index contributed by atoms with van der Waals surface area (Å²) < 4.78 is 5.26. The molecule has 0 aliphatic carbocycles. The Morgan fingerprint density at radius 3 is 2.50 bits per heavy atom. The largest absolute Gasteiger partial charge is 0.383 e. The van der Waals surface area contributed by atoms with E-state index in [1.807, 2.05) is 18.2 Å². The van der Waals surface area contributed by atoms with Crippen LogP contribution in [0.25, 0.3) is 0 Å². The van der Waals surface area contributed by atoms with Gasteiger partial charge in [0, 0.05) is 37.3 Å². The molecule has 0 saturated heterocycles. The fourth-order valence-corrected chi connectivity index (χ4v) is 2.92. The van der Waals surface area contributed by atoms with Gasteiger partial charge in [-0.15, -0.1) is 0 Å². The highest BCUT2D eigenvalue weighted by atomic mass is 35.5. The highest BCUT2D eigenvalue weighted by molar-refractivity contribution is 6.30. The molecule has 114 valence electrons. The SMILES string of the molecule is CCC(CC)N(CCOC)C(CN)c1cccc(Cl)c1. The molecule has 0 fully saturated rings. The van der Waals surface area contributed by atoms with Gasteiger partial charge in [0.25, 0.3) is 0 Å². The standard InChI is InChI=1S/C16H27ClN2O/c1-4-15(5-2)19(9-10-20-3)16(12-18)13-7-6-8-14(17)11-13/h6-8,11,15-16H,4-5,9-10,12,18H2,1-3H3. The summed E-state index contributed by atoms with van der Waals surface area (Å²) in [5, 5.41) is 0.761. The maximum atomic E-state index is 6.12. The summed E-state index contributed by atoms with van der Waals surface area (Å²) in [5.41, 5.74) is 7.23. The predicted octanol–water partition coefficient (Wildman–Crippen LogP) is 3.48. The van der Waals surface area contributed by atoms with Crippen LogP contribution in [-0.2, 0) is 4.74 Å². The van der Waals surface area contributed by atoms with Crippen LogP contribution in [0.5, 0.6) is 0 Å². The van der Waals surface area contributed by atoms with Gasteiger partial charge in [0.15, 0.2) is 0 Å². The number of hydrogen-bond donors (Lipinski definition) is 1. The molecule has 1 atom stereocenters. The van der Waals surface area contributed by atoms with Crippen molar-refractivity contribution in [2.24, 2.45) is 5.73 Å². The zero-order valence-corrected chi connectivity index (χ0v) is 13.6. The van der Waals surface area contributed by atoms with E-state index in [-0.39, 0.29) is 6.04 Å². The van der Waals surface area contributed by atoms with Crippen LogP contribution in [-0.4, -0.2) is 37.7 Å². The monoisotopic (exact) mass is 298 g/mol. The van der Waals surface area contributed by atoms with E-state index in [1.54, 1.807) is 7.11 Å². The van der Waals surface area contributed by atoms with E-state index in [9.17, 15) is 0 Å². The Labute approximate surface area is 128 Å². The second-order valence-electron chi connectivity index (χ2n) is 5.01. The number of nitrogens with two attached hydrogens (primary N) is 1. The first-order valence-electron chi connectivity index (χ1n) is 7.38. The second-order valence-corrected chi connectivity index (χ2v) is 5.44. The molecular weight excluding hydrogens is 272 g/mol. The van der Waals surface area contributed by atoms with Crippen molar-refractivity contribution < 1.29 is 4.74 Å². The lowest BCUT2D eigenvalue weighted by atomic mass is 10.0. The molecule has 0 heterocycles. The summed E-state index contributed by atoms with van der Waals surface area (Å²) in [4.78, 5) is 2.45. The first-order chi connectivity index (χ1) is 9.67. The minimum Gasteiger partial charge on any atom is -0.383 e. The van der Waals surface area contributed by atoms with Gasteiger partial charge in [-0.1, -0.05) is 37.6 Å². The van der Waals surface area contributed by atoms with Crippen LogP contribution >= 0.6 is 11.6 Å². The van der Waals surface area contributed by atoms with Crippen molar-refractivity contribution in [2.75, 3.05) is 26.8 Å². The van der Waals surface area contributed by atoms with Crippen LogP contribution in [0.4, 0.5) is 0 Å². The summed E-state index contributed by atoms with van der Waals surface area (Å²) in [6.45, 7) is 6.63. The summed E-state index contributed by atoms with van der Waals surface area (Å²) in [6, 6.07) is 8.70. The third-order valence-corrected chi connectivity index (χ3v) is 4.06. The van der Waals surface area contributed by atoms with Crippen LogP contribution in [0.1, 0.15) is 38.3 Å². The molecule has 0 saturated carbocycles. The molecule has 20 heavy (non-hydrogen) atoms. The molecule has 1 aromatic carbocycles. The molecule has 0 aliphatic heterocycles. The molecule has 1 rings (SSSR count). The molecule has 2 N–H and O–H groups in total. The van der Waals surface area contributed by atoms with E-state index in [0.717, 1.165) is 24.4 Å². The molecule has 0 radical (unpaired) electrons. The molecule has 4 heteroatoms. The molecule has 0 bridgehead atoms.